The summed E-state index contributed by atoms with van der Waals surface area (Å²) in [5.41, 5.74) is 8.08. The molecule has 3 rings (SSSR count). The summed E-state index contributed by atoms with van der Waals surface area (Å²) >= 11 is 5.86. The monoisotopic (exact) mass is 419 g/mol. The van der Waals surface area contributed by atoms with Crippen LogP contribution in [0.25, 0.3) is 11.4 Å². The lowest BCUT2D eigenvalue weighted by molar-refractivity contribution is 0.0816. The van der Waals surface area contributed by atoms with Gasteiger partial charge in [0.05, 0.1) is 12.4 Å². The van der Waals surface area contributed by atoms with E-state index in [0.29, 0.717) is 29.8 Å². The van der Waals surface area contributed by atoms with Crippen molar-refractivity contribution < 1.29 is 9.18 Å². The Morgan fingerprint density at radius 2 is 1.97 bits per heavy atom. The van der Waals surface area contributed by atoms with Crippen molar-refractivity contribution in [3.8, 4) is 11.4 Å². The van der Waals surface area contributed by atoms with Gasteiger partial charge < -0.3 is 5.73 Å². The summed E-state index contributed by atoms with van der Waals surface area (Å²) in [6.07, 6.45) is 5.22. The number of nitrogen functional groups attached to an aromatic ring is 1. The number of carbonyl (C=O) groups is 1. The Morgan fingerprint density at radius 1 is 1.24 bits per heavy atom. The topological polar surface area (TPSA) is 112 Å². The second-order valence-electron chi connectivity index (χ2n) is 6.00. The number of alkyl halides is 1. The second-order valence-corrected chi connectivity index (χ2v) is 6.38. The average molecular weight is 420 g/mol. The summed E-state index contributed by atoms with van der Waals surface area (Å²) in [5.74, 6) is -0.867. The van der Waals surface area contributed by atoms with Crippen molar-refractivity contribution in [2.45, 2.75) is 33.6 Å². The van der Waals surface area contributed by atoms with Gasteiger partial charge in [0.15, 0.2) is 5.82 Å². The third-order valence-electron chi connectivity index (χ3n) is 4.09. The largest absolute Gasteiger partial charge is 0.368 e. The first-order valence-corrected chi connectivity index (χ1v) is 9.74. The fraction of sp³-hybridized carbons (Fsp3) is 0.368. The smallest absolute Gasteiger partial charge is 0.253 e. The predicted octanol–water partition coefficient (Wildman–Crippen LogP) is 3.31. The van der Waals surface area contributed by atoms with E-state index in [4.69, 9.17) is 17.3 Å². The van der Waals surface area contributed by atoms with Crippen molar-refractivity contribution in [1.82, 2.24) is 29.9 Å². The van der Waals surface area contributed by atoms with Crippen LogP contribution in [0.15, 0.2) is 30.7 Å². The number of carbonyl (C=O) groups excluding carboxylic acids is 1. The van der Waals surface area contributed by atoms with Gasteiger partial charge in [0.2, 0.25) is 11.9 Å². The maximum absolute atomic E-state index is 13.0. The molecule has 0 saturated carbocycles. The van der Waals surface area contributed by atoms with E-state index in [2.05, 4.69) is 25.3 Å². The molecular weight excluding hydrogens is 397 g/mol. The minimum absolute atomic E-state index is 0.0250. The second kappa shape index (κ2) is 10.6. The number of rotatable bonds is 6. The number of anilines is 1. The molecule has 1 atom stereocenters. The normalized spacial score (nSPS) is 11.5. The van der Waals surface area contributed by atoms with Gasteiger partial charge in [-0.1, -0.05) is 19.9 Å². The van der Waals surface area contributed by atoms with Crippen molar-refractivity contribution in [3.63, 3.8) is 0 Å². The highest BCUT2D eigenvalue weighted by molar-refractivity contribution is 6.18. The molecule has 0 amide bonds. The fourth-order valence-electron chi connectivity index (χ4n) is 2.65. The van der Waals surface area contributed by atoms with Crippen molar-refractivity contribution >= 4 is 23.5 Å². The summed E-state index contributed by atoms with van der Waals surface area (Å²) < 4.78 is 14.1. The zero-order valence-corrected chi connectivity index (χ0v) is 17.3. The molecule has 0 radical (unpaired) electrons. The zero-order valence-electron chi connectivity index (χ0n) is 16.5. The first-order valence-electron chi connectivity index (χ1n) is 9.20. The lowest BCUT2D eigenvalue weighted by Crippen LogP contribution is -2.26. The molecule has 0 aliphatic rings. The molecule has 2 N–H and O–H groups in total. The minimum Gasteiger partial charge on any atom is -0.368 e. The molecule has 0 aromatic carbocycles. The SMILES string of the molecule is CC.Cc1cnncc1-c1nc(N)n(C(=O)C(CCCl)Cc2ccc(F)nc2)n1. The molecule has 0 saturated heterocycles. The highest BCUT2D eigenvalue weighted by atomic mass is 35.5. The van der Waals surface area contributed by atoms with Crippen LogP contribution in [0.4, 0.5) is 10.3 Å². The van der Waals surface area contributed by atoms with Crippen LogP contribution < -0.4 is 5.73 Å². The molecule has 3 aromatic heterocycles. The highest BCUT2D eigenvalue weighted by Gasteiger charge is 2.25. The summed E-state index contributed by atoms with van der Waals surface area (Å²) in [6.45, 7) is 5.83. The van der Waals surface area contributed by atoms with E-state index in [1.807, 2.05) is 20.8 Å². The molecule has 0 aliphatic heterocycles. The van der Waals surface area contributed by atoms with Crippen molar-refractivity contribution in [1.29, 1.82) is 0 Å². The van der Waals surface area contributed by atoms with Crippen LogP contribution in [0.1, 0.15) is 36.2 Å². The molecule has 0 fully saturated rings. The van der Waals surface area contributed by atoms with E-state index in [1.165, 1.54) is 18.5 Å². The van der Waals surface area contributed by atoms with Crippen LogP contribution in [0.3, 0.4) is 0 Å². The van der Waals surface area contributed by atoms with Crippen LogP contribution in [0, 0.1) is 18.8 Å². The van der Waals surface area contributed by atoms with Gasteiger partial charge in [0, 0.05) is 23.6 Å². The molecule has 0 aliphatic carbocycles. The number of pyridine rings is 1. The fourth-order valence-corrected chi connectivity index (χ4v) is 2.91. The minimum atomic E-state index is -0.578. The standard InChI is InChI=1S/C17H17ClFN7O.C2H6/c1-10-7-22-23-9-13(10)15-24-17(20)26(25-15)16(27)12(4-5-18)6-11-2-3-14(19)21-8-11;1-2/h2-3,7-9,12H,4-6H2,1H3,(H2,20,24,25);1-2H3. The van der Waals surface area contributed by atoms with Crippen LogP contribution in [0.5, 0.6) is 0 Å². The van der Waals surface area contributed by atoms with Crippen molar-refractivity contribution in [2.24, 2.45) is 5.92 Å². The first-order chi connectivity index (χ1) is 14.0. The summed E-state index contributed by atoms with van der Waals surface area (Å²) in [4.78, 5) is 20.7. The Labute approximate surface area is 173 Å². The first kappa shape index (κ1) is 22.4. The molecule has 29 heavy (non-hydrogen) atoms. The number of hydrogen-bond donors (Lipinski definition) is 1. The maximum atomic E-state index is 13.0. The van der Waals surface area contributed by atoms with Crippen LogP contribution in [0.2, 0.25) is 0 Å². The van der Waals surface area contributed by atoms with E-state index in [0.717, 1.165) is 10.2 Å². The predicted molar refractivity (Wildman–Crippen MR) is 109 cm³/mol. The lowest BCUT2D eigenvalue weighted by atomic mass is 9.97. The van der Waals surface area contributed by atoms with Gasteiger partial charge in [-0.05, 0) is 37.0 Å². The third kappa shape index (κ3) is 5.54. The third-order valence-corrected chi connectivity index (χ3v) is 4.31. The molecule has 10 heteroatoms. The number of aromatic nitrogens is 6. The number of nitrogens with two attached hydrogens (primary N) is 1. The molecule has 154 valence electrons. The Balaban J connectivity index is 0.00000145. The molecule has 1 unspecified atom stereocenters. The molecule has 8 nitrogen and oxygen atoms in total. The van der Waals surface area contributed by atoms with Crippen molar-refractivity contribution in [3.05, 3.63) is 47.8 Å². The van der Waals surface area contributed by atoms with Crippen LogP contribution in [-0.2, 0) is 6.42 Å². The highest BCUT2D eigenvalue weighted by Crippen LogP contribution is 2.21. The maximum Gasteiger partial charge on any atom is 0.253 e. The molecule has 3 aromatic rings. The van der Waals surface area contributed by atoms with Gasteiger partial charge in [-0.2, -0.15) is 24.3 Å². The van der Waals surface area contributed by atoms with E-state index in [1.54, 1.807) is 12.3 Å². The number of nitrogens with zero attached hydrogens (tertiary/aromatic N) is 6. The van der Waals surface area contributed by atoms with Crippen LogP contribution >= 0.6 is 11.6 Å². The molecule has 0 spiro atoms. The van der Waals surface area contributed by atoms with E-state index in [-0.39, 0.29) is 17.7 Å². The van der Waals surface area contributed by atoms with Gasteiger partial charge >= 0.3 is 0 Å². The van der Waals surface area contributed by atoms with Gasteiger partial charge in [-0.3, -0.25) is 4.79 Å². The van der Waals surface area contributed by atoms with Gasteiger partial charge in [0.25, 0.3) is 5.91 Å². The molecule has 3 heterocycles. The average Bonchev–Trinajstić information content (AvgIpc) is 3.12. The molecule has 0 bridgehead atoms. The Bertz CT molecular complexity index is 946. The quantitative estimate of drug-likeness (QED) is 0.481. The number of aryl methyl sites for hydroxylation is 1. The Kier molecular flexibility index (Phi) is 8.14. The lowest BCUT2D eigenvalue weighted by Gasteiger charge is -2.14. The Morgan fingerprint density at radius 3 is 2.59 bits per heavy atom. The number of hydrogen-bond acceptors (Lipinski definition) is 7. The van der Waals surface area contributed by atoms with Gasteiger partial charge in [-0.25, -0.2) is 4.98 Å². The summed E-state index contributed by atoms with van der Waals surface area (Å²) in [6, 6.07) is 2.83. The zero-order chi connectivity index (χ0) is 21.4. The summed E-state index contributed by atoms with van der Waals surface area (Å²) in [5, 5.41) is 11.8. The van der Waals surface area contributed by atoms with Crippen LogP contribution in [-0.4, -0.2) is 41.7 Å². The van der Waals surface area contributed by atoms with E-state index < -0.39 is 11.9 Å². The Hall–Kier alpha value is -2.94. The van der Waals surface area contributed by atoms with E-state index in [9.17, 15) is 9.18 Å². The molecular formula is C19H23ClFN7O. The van der Waals surface area contributed by atoms with Gasteiger partial charge in [0.1, 0.15) is 0 Å². The van der Waals surface area contributed by atoms with E-state index >= 15 is 0 Å². The summed E-state index contributed by atoms with van der Waals surface area (Å²) in [7, 11) is 0. The van der Waals surface area contributed by atoms with Gasteiger partial charge in [-0.15, -0.1) is 16.7 Å². The van der Waals surface area contributed by atoms with Crippen molar-refractivity contribution in [2.75, 3.05) is 11.6 Å². The number of halogens is 2.